The summed E-state index contributed by atoms with van der Waals surface area (Å²) < 4.78 is 10.2. The lowest BCUT2D eigenvalue weighted by Gasteiger charge is -2.01. The molecule has 1 aromatic carbocycles. The van der Waals surface area contributed by atoms with Crippen molar-refractivity contribution in [3.05, 3.63) is 42.0 Å². The van der Waals surface area contributed by atoms with Crippen molar-refractivity contribution in [1.29, 1.82) is 0 Å². The molecule has 1 saturated heterocycles. The quantitative estimate of drug-likeness (QED) is 0.691. The number of esters is 1. The Labute approximate surface area is 88.3 Å². The Kier molecular flexibility index (Phi) is 2.83. The Morgan fingerprint density at radius 2 is 2.00 bits per heavy atom. The van der Waals surface area contributed by atoms with E-state index in [0.29, 0.717) is 0 Å². The average molecular weight is 204 g/mol. The van der Waals surface area contributed by atoms with E-state index in [-0.39, 0.29) is 5.97 Å². The molecule has 0 spiro atoms. The molecule has 0 radical (unpaired) electrons. The SMILES string of the molecule is C[C@@H]1O[C@H](/C=C/c2ccccc2)OC1=O. The lowest BCUT2D eigenvalue weighted by atomic mass is 10.2. The molecule has 1 aliphatic heterocycles. The van der Waals surface area contributed by atoms with Crippen molar-refractivity contribution in [2.75, 3.05) is 0 Å². The molecule has 3 heteroatoms. The fourth-order valence-electron chi connectivity index (χ4n) is 1.33. The second kappa shape index (κ2) is 4.28. The van der Waals surface area contributed by atoms with E-state index in [9.17, 15) is 4.79 Å². The fraction of sp³-hybridized carbons (Fsp3) is 0.250. The van der Waals surface area contributed by atoms with Crippen LogP contribution in [0.15, 0.2) is 36.4 Å². The molecule has 3 nitrogen and oxygen atoms in total. The van der Waals surface area contributed by atoms with Gasteiger partial charge in [-0.2, -0.15) is 0 Å². The highest BCUT2D eigenvalue weighted by atomic mass is 16.7. The van der Waals surface area contributed by atoms with Crippen LogP contribution in [-0.2, 0) is 14.3 Å². The van der Waals surface area contributed by atoms with Gasteiger partial charge in [-0.05, 0) is 18.6 Å². The molecule has 0 aromatic heterocycles. The van der Waals surface area contributed by atoms with Crippen LogP contribution in [0.5, 0.6) is 0 Å². The maximum absolute atomic E-state index is 11.0. The van der Waals surface area contributed by atoms with Gasteiger partial charge in [0.15, 0.2) is 6.10 Å². The van der Waals surface area contributed by atoms with E-state index >= 15 is 0 Å². The van der Waals surface area contributed by atoms with Gasteiger partial charge in [0.1, 0.15) is 0 Å². The monoisotopic (exact) mass is 204 g/mol. The topological polar surface area (TPSA) is 35.5 Å². The van der Waals surface area contributed by atoms with Gasteiger partial charge in [-0.3, -0.25) is 0 Å². The van der Waals surface area contributed by atoms with Crippen LogP contribution < -0.4 is 0 Å². The van der Waals surface area contributed by atoms with Gasteiger partial charge in [-0.15, -0.1) is 0 Å². The summed E-state index contributed by atoms with van der Waals surface area (Å²) in [5, 5.41) is 0. The number of benzene rings is 1. The van der Waals surface area contributed by atoms with E-state index in [1.165, 1.54) is 0 Å². The lowest BCUT2D eigenvalue weighted by Crippen LogP contribution is -2.09. The van der Waals surface area contributed by atoms with E-state index < -0.39 is 12.4 Å². The molecule has 0 bridgehead atoms. The highest BCUT2D eigenvalue weighted by Crippen LogP contribution is 2.14. The molecule has 15 heavy (non-hydrogen) atoms. The average Bonchev–Trinajstić information content (AvgIpc) is 2.57. The minimum Gasteiger partial charge on any atom is -0.430 e. The minimum atomic E-state index is -0.548. The molecule has 2 atom stereocenters. The Morgan fingerprint density at radius 3 is 2.60 bits per heavy atom. The molecule has 1 aliphatic rings. The number of hydrogen-bond acceptors (Lipinski definition) is 3. The predicted molar refractivity (Wildman–Crippen MR) is 55.9 cm³/mol. The van der Waals surface area contributed by atoms with E-state index in [2.05, 4.69) is 0 Å². The van der Waals surface area contributed by atoms with Gasteiger partial charge in [-0.1, -0.05) is 36.4 Å². The summed E-state index contributed by atoms with van der Waals surface area (Å²) in [4.78, 5) is 11.0. The summed E-state index contributed by atoms with van der Waals surface area (Å²) in [6, 6.07) is 9.78. The van der Waals surface area contributed by atoms with Gasteiger partial charge < -0.3 is 9.47 Å². The van der Waals surface area contributed by atoms with Crippen molar-refractivity contribution in [3.8, 4) is 0 Å². The summed E-state index contributed by atoms with van der Waals surface area (Å²) in [6.45, 7) is 1.68. The van der Waals surface area contributed by atoms with Gasteiger partial charge in [0, 0.05) is 0 Å². The Bertz CT molecular complexity index is 370. The lowest BCUT2D eigenvalue weighted by molar-refractivity contribution is -0.141. The Hall–Kier alpha value is -1.61. The summed E-state index contributed by atoms with van der Waals surface area (Å²) in [6.07, 6.45) is 2.59. The number of ether oxygens (including phenoxy) is 2. The van der Waals surface area contributed by atoms with Gasteiger partial charge in [0.2, 0.25) is 6.29 Å². The second-order valence-electron chi connectivity index (χ2n) is 3.35. The number of carbonyl (C=O) groups is 1. The van der Waals surface area contributed by atoms with Crippen LogP contribution in [0.3, 0.4) is 0 Å². The zero-order chi connectivity index (χ0) is 10.7. The molecule has 1 heterocycles. The maximum Gasteiger partial charge on any atom is 0.337 e. The smallest absolute Gasteiger partial charge is 0.337 e. The van der Waals surface area contributed by atoms with Crippen molar-refractivity contribution in [2.45, 2.75) is 19.3 Å². The molecule has 1 fully saturated rings. The van der Waals surface area contributed by atoms with Gasteiger partial charge >= 0.3 is 5.97 Å². The first-order valence-electron chi connectivity index (χ1n) is 4.85. The number of rotatable bonds is 2. The first-order chi connectivity index (χ1) is 7.25. The largest absolute Gasteiger partial charge is 0.430 e. The number of cyclic esters (lactones) is 1. The molecule has 0 aliphatic carbocycles. The van der Waals surface area contributed by atoms with Crippen LogP contribution in [0.1, 0.15) is 12.5 Å². The summed E-state index contributed by atoms with van der Waals surface area (Å²) >= 11 is 0. The van der Waals surface area contributed by atoms with Crippen LogP contribution >= 0.6 is 0 Å². The van der Waals surface area contributed by atoms with Crippen LogP contribution in [0.2, 0.25) is 0 Å². The standard InChI is InChI=1S/C12H12O3/c1-9-12(13)15-11(14-9)8-7-10-5-3-2-4-6-10/h2-9,11H,1H3/b8-7+/t9-,11-/m0/s1. The van der Waals surface area contributed by atoms with E-state index in [1.807, 2.05) is 36.4 Å². The molecule has 0 N–H and O–H groups in total. The van der Waals surface area contributed by atoms with Crippen molar-refractivity contribution < 1.29 is 14.3 Å². The second-order valence-corrected chi connectivity index (χ2v) is 3.35. The zero-order valence-electron chi connectivity index (χ0n) is 8.42. The Balaban J connectivity index is 1.99. The molecule has 2 rings (SSSR count). The number of carbonyl (C=O) groups excluding carboxylic acids is 1. The first-order valence-corrected chi connectivity index (χ1v) is 4.85. The predicted octanol–water partition coefficient (Wildman–Crippen LogP) is 1.99. The molecular weight excluding hydrogens is 192 g/mol. The molecular formula is C12H12O3. The van der Waals surface area contributed by atoms with Gasteiger partial charge in [0.05, 0.1) is 0 Å². The minimum absolute atomic E-state index is 0.308. The van der Waals surface area contributed by atoms with Crippen LogP contribution in [-0.4, -0.2) is 18.4 Å². The molecule has 0 saturated carbocycles. The highest BCUT2D eigenvalue weighted by Gasteiger charge is 2.29. The third-order valence-corrected chi connectivity index (χ3v) is 2.15. The summed E-state index contributed by atoms with van der Waals surface area (Å²) in [5.41, 5.74) is 1.05. The molecule has 1 aromatic rings. The highest BCUT2D eigenvalue weighted by molar-refractivity contribution is 5.76. The summed E-state index contributed by atoms with van der Waals surface area (Å²) in [5.74, 6) is -0.308. The van der Waals surface area contributed by atoms with Crippen LogP contribution in [0.25, 0.3) is 6.08 Å². The first kappa shape index (κ1) is 9.93. The normalized spacial score (nSPS) is 25.8. The van der Waals surface area contributed by atoms with E-state index in [0.717, 1.165) is 5.56 Å². The van der Waals surface area contributed by atoms with Crippen LogP contribution in [0.4, 0.5) is 0 Å². The maximum atomic E-state index is 11.0. The third kappa shape index (κ3) is 2.44. The van der Waals surface area contributed by atoms with Crippen molar-refractivity contribution in [3.63, 3.8) is 0 Å². The fourth-order valence-corrected chi connectivity index (χ4v) is 1.33. The van der Waals surface area contributed by atoms with E-state index in [1.54, 1.807) is 13.0 Å². The zero-order valence-corrected chi connectivity index (χ0v) is 8.42. The van der Waals surface area contributed by atoms with Gasteiger partial charge in [-0.25, -0.2) is 4.79 Å². The summed E-state index contributed by atoms with van der Waals surface area (Å²) in [7, 11) is 0. The molecule has 0 unspecified atom stereocenters. The Morgan fingerprint density at radius 1 is 1.27 bits per heavy atom. The van der Waals surface area contributed by atoms with Crippen molar-refractivity contribution in [2.24, 2.45) is 0 Å². The molecule has 0 amide bonds. The van der Waals surface area contributed by atoms with Gasteiger partial charge in [0.25, 0.3) is 0 Å². The molecule has 78 valence electrons. The van der Waals surface area contributed by atoms with E-state index in [4.69, 9.17) is 9.47 Å². The third-order valence-electron chi connectivity index (χ3n) is 2.15. The van der Waals surface area contributed by atoms with Crippen molar-refractivity contribution in [1.82, 2.24) is 0 Å². The number of hydrogen-bond donors (Lipinski definition) is 0. The van der Waals surface area contributed by atoms with Crippen LogP contribution in [0, 0.1) is 0 Å². The van der Waals surface area contributed by atoms with Crippen molar-refractivity contribution >= 4 is 12.0 Å².